The molecule has 0 fully saturated rings. The highest BCUT2D eigenvalue weighted by Crippen LogP contribution is 2.17. The molecule has 0 aliphatic heterocycles. The molecular formula is C11H13NO2. The second-order valence-electron chi connectivity index (χ2n) is 3.08. The van der Waals surface area contributed by atoms with Gasteiger partial charge in [-0.2, -0.15) is 0 Å². The maximum absolute atomic E-state index is 11.3. The Morgan fingerprint density at radius 1 is 1.64 bits per heavy atom. The first-order valence-corrected chi connectivity index (χ1v) is 4.31. The van der Waals surface area contributed by atoms with E-state index in [1.54, 1.807) is 17.7 Å². The zero-order valence-corrected chi connectivity index (χ0v) is 8.57. The van der Waals surface area contributed by atoms with Crippen molar-refractivity contribution in [1.29, 1.82) is 0 Å². The van der Waals surface area contributed by atoms with Gasteiger partial charge in [-0.15, -0.1) is 6.42 Å². The van der Waals surface area contributed by atoms with Crippen molar-refractivity contribution in [2.24, 2.45) is 7.05 Å². The molecule has 1 atom stereocenters. The standard InChI is InChI=1S/C11H13NO2/c1-5-8(2)9-6-7-10(12(9)3)11(13)14-4/h1,6-8H,2-4H3. The minimum atomic E-state index is -0.344. The minimum Gasteiger partial charge on any atom is -0.464 e. The molecule has 1 unspecified atom stereocenters. The molecule has 1 rings (SSSR count). The lowest BCUT2D eigenvalue weighted by molar-refractivity contribution is 0.0589. The van der Waals surface area contributed by atoms with Crippen LogP contribution < -0.4 is 0 Å². The topological polar surface area (TPSA) is 31.2 Å². The zero-order chi connectivity index (χ0) is 10.7. The van der Waals surface area contributed by atoms with E-state index >= 15 is 0 Å². The minimum absolute atomic E-state index is 0.00148. The van der Waals surface area contributed by atoms with Gasteiger partial charge in [0, 0.05) is 12.7 Å². The van der Waals surface area contributed by atoms with Crippen molar-refractivity contribution in [3.8, 4) is 12.3 Å². The first-order chi connectivity index (χ1) is 6.61. The molecule has 0 amide bonds. The van der Waals surface area contributed by atoms with E-state index in [-0.39, 0.29) is 11.9 Å². The summed E-state index contributed by atoms with van der Waals surface area (Å²) in [5.74, 6) is 2.27. The smallest absolute Gasteiger partial charge is 0.354 e. The van der Waals surface area contributed by atoms with E-state index in [9.17, 15) is 4.79 Å². The van der Waals surface area contributed by atoms with Crippen molar-refractivity contribution < 1.29 is 9.53 Å². The van der Waals surface area contributed by atoms with E-state index in [4.69, 9.17) is 6.42 Å². The van der Waals surface area contributed by atoms with Gasteiger partial charge in [-0.1, -0.05) is 5.92 Å². The van der Waals surface area contributed by atoms with E-state index < -0.39 is 0 Å². The van der Waals surface area contributed by atoms with Crippen LogP contribution in [0.4, 0.5) is 0 Å². The van der Waals surface area contributed by atoms with E-state index in [0.29, 0.717) is 5.69 Å². The molecule has 0 aliphatic carbocycles. The third-order valence-corrected chi connectivity index (χ3v) is 2.25. The fourth-order valence-electron chi connectivity index (χ4n) is 1.36. The largest absolute Gasteiger partial charge is 0.464 e. The summed E-state index contributed by atoms with van der Waals surface area (Å²) in [7, 11) is 3.16. The third-order valence-electron chi connectivity index (χ3n) is 2.25. The summed E-state index contributed by atoms with van der Waals surface area (Å²) in [6, 6.07) is 3.56. The highest BCUT2D eigenvalue weighted by molar-refractivity contribution is 5.87. The molecule has 0 bridgehead atoms. The first kappa shape index (κ1) is 10.4. The van der Waals surface area contributed by atoms with E-state index in [0.717, 1.165) is 5.69 Å². The Bertz CT molecular complexity index is 384. The number of carbonyl (C=O) groups is 1. The normalized spacial score (nSPS) is 11.9. The van der Waals surface area contributed by atoms with Gasteiger partial charge in [-0.05, 0) is 19.1 Å². The lowest BCUT2D eigenvalue weighted by Gasteiger charge is -2.08. The molecule has 0 radical (unpaired) electrons. The Kier molecular flexibility index (Phi) is 2.98. The summed E-state index contributed by atoms with van der Waals surface area (Å²) < 4.78 is 6.39. The van der Waals surface area contributed by atoms with Crippen LogP contribution in [0.1, 0.15) is 29.0 Å². The van der Waals surface area contributed by atoms with Gasteiger partial charge in [0.25, 0.3) is 0 Å². The molecule has 0 aromatic carbocycles. The van der Waals surface area contributed by atoms with Crippen LogP contribution in [-0.4, -0.2) is 17.6 Å². The van der Waals surface area contributed by atoms with E-state index in [1.165, 1.54) is 7.11 Å². The van der Waals surface area contributed by atoms with Crippen LogP contribution in [0.25, 0.3) is 0 Å². The number of methoxy groups -OCH3 is 1. The predicted octanol–water partition coefficient (Wildman–Crippen LogP) is 1.55. The zero-order valence-electron chi connectivity index (χ0n) is 8.57. The molecule has 1 heterocycles. The van der Waals surface area contributed by atoms with Gasteiger partial charge in [0.05, 0.1) is 13.0 Å². The molecule has 1 aromatic heterocycles. The van der Waals surface area contributed by atoms with Gasteiger partial charge < -0.3 is 9.30 Å². The fourth-order valence-corrected chi connectivity index (χ4v) is 1.36. The SMILES string of the molecule is C#CC(C)c1ccc(C(=O)OC)n1C. The van der Waals surface area contributed by atoms with Gasteiger partial charge in [0.1, 0.15) is 5.69 Å². The average molecular weight is 191 g/mol. The summed E-state index contributed by atoms with van der Waals surface area (Å²) in [5, 5.41) is 0. The van der Waals surface area contributed by atoms with Gasteiger partial charge in [-0.25, -0.2) is 4.79 Å². The lowest BCUT2D eigenvalue weighted by atomic mass is 10.1. The van der Waals surface area contributed by atoms with Crippen LogP contribution in [0.2, 0.25) is 0 Å². The maximum atomic E-state index is 11.3. The van der Waals surface area contributed by atoms with Crippen molar-refractivity contribution in [2.45, 2.75) is 12.8 Å². The Balaban J connectivity index is 3.10. The predicted molar refractivity (Wildman–Crippen MR) is 54.0 cm³/mol. The molecule has 0 aliphatic rings. The van der Waals surface area contributed by atoms with Crippen LogP contribution in [0, 0.1) is 12.3 Å². The number of esters is 1. The second-order valence-corrected chi connectivity index (χ2v) is 3.08. The number of aromatic nitrogens is 1. The number of hydrogen-bond acceptors (Lipinski definition) is 2. The molecule has 0 N–H and O–H groups in total. The van der Waals surface area contributed by atoms with Gasteiger partial charge >= 0.3 is 5.97 Å². The molecule has 0 saturated heterocycles. The van der Waals surface area contributed by atoms with Crippen LogP contribution >= 0.6 is 0 Å². The Labute approximate surface area is 83.7 Å². The number of terminal acetylenes is 1. The number of ether oxygens (including phenoxy) is 1. The van der Waals surface area contributed by atoms with E-state index in [2.05, 4.69) is 10.7 Å². The van der Waals surface area contributed by atoms with Crippen molar-refractivity contribution in [3.05, 3.63) is 23.5 Å². The third kappa shape index (κ3) is 1.64. The number of nitrogens with zero attached hydrogens (tertiary/aromatic N) is 1. The summed E-state index contributed by atoms with van der Waals surface area (Å²) in [5.41, 5.74) is 1.46. The average Bonchev–Trinajstić information content (AvgIpc) is 2.58. The van der Waals surface area contributed by atoms with Crippen LogP contribution in [-0.2, 0) is 11.8 Å². The maximum Gasteiger partial charge on any atom is 0.354 e. The van der Waals surface area contributed by atoms with Gasteiger partial charge in [0.2, 0.25) is 0 Å². The molecule has 3 heteroatoms. The van der Waals surface area contributed by atoms with Crippen molar-refractivity contribution >= 4 is 5.97 Å². The highest BCUT2D eigenvalue weighted by atomic mass is 16.5. The van der Waals surface area contributed by atoms with Crippen molar-refractivity contribution in [1.82, 2.24) is 4.57 Å². The quantitative estimate of drug-likeness (QED) is 0.524. The lowest BCUT2D eigenvalue weighted by Crippen LogP contribution is -2.10. The molecule has 14 heavy (non-hydrogen) atoms. The monoisotopic (exact) mass is 191 g/mol. The molecule has 74 valence electrons. The molecule has 0 spiro atoms. The van der Waals surface area contributed by atoms with Crippen molar-refractivity contribution in [2.75, 3.05) is 7.11 Å². The Morgan fingerprint density at radius 3 is 2.79 bits per heavy atom. The summed E-state index contributed by atoms with van der Waals surface area (Å²) in [6.45, 7) is 1.91. The van der Waals surface area contributed by atoms with Crippen LogP contribution in [0.15, 0.2) is 12.1 Å². The number of hydrogen-bond donors (Lipinski definition) is 0. The Morgan fingerprint density at radius 2 is 2.29 bits per heavy atom. The van der Waals surface area contributed by atoms with Gasteiger partial charge in [-0.3, -0.25) is 0 Å². The molecule has 1 aromatic rings. The number of carbonyl (C=O) groups excluding carboxylic acids is 1. The summed E-state index contributed by atoms with van der Waals surface area (Å²) in [6.07, 6.45) is 5.31. The highest BCUT2D eigenvalue weighted by Gasteiger charge is 2.14. The summed E-state index contributed by atoms with van der Waals surface area (Å²) >= 11 is 0. The molecule has 3 nitrogen and oxygen atoms in total. The van der Waals surface area contributed by atoms with Crippen molar-refractivity contribution in [3.63, 3.8) is 0 Å². The molecule has 0 saturated carbocycles. The van der Waals surface area contributed by atoms with E-state index in [1.807, 2.05) is 13.0 Å². The molecular weight excluding hydrogens is 178 g/mol. The number of rotatable bonds is 2. The second kappa shape index (κ2) is 4.01. The summed E-state index contributed by atoms with van der Waals surface area (Å²) in [4.78, 5) is 11.3. The first-order valence-electron chi connectivity index (χ1n) is 4.31. The Hall–Kier alpha value is -1.69. The van der Waals surface area contributed by atoms with Crippen LogP contribution in [0.3, 0.4) is 0 Å². The fraction of sp³-hybridized carbons (Fsp3) is 0.364. The van der Waals surface area contributed by atoms with Gasteiger partial charge in [0.15, 0.2) is 0 Å². The van der Waals surface area contributed by atoms with Crippen LogP contribution in [0.5, 0.6) is 0 Å².